The Morgan fingerprint density at radius 3 is 3.00 bits per heavy atom. The van der Waals surface area contributed by atoms with Crippen molar-refractivity contribution in [3.05, 3.63) is 24.0 Å². The van der Waals surface area contributed by atoms with Gasteiger partial charge < -0.3 is 4.74 Å². The SMILES string of the molecule is O=Cc1cnccc1OCC(F)F. The zero-order valence-electron chi connectivity index (χ0n) is 6.61. The smallest absolute Gasteiger partial charge is 0.272 e. The average molecular weight is 187 g/mol. The van der Waals surface area contributed by atoms with E-state index in [4.69, 9.17) is 0 Å². The van der Waals surface area contributed by atoms with Crippen molar-refractivity contribution in [1.29, 1.82) is 0 Å². The number of hydrogen-bond acceptors (Lipinski definition) is 3. The summed E-state index contributed by atoms with van der Waals surface area (Å²) in [5.41, 5.74) is 0.170. The number of carbonyl (C=O) groups excluding carboxylic acids is 1. The molecular formula is C8H7F2NO2. The highest BCUT2D eigenvalue weighted by Gasteiger charge is 2.06. The summed E-state index contributed by atoms with van der Waals surface area (Å²) in [5, 5.41) is 0. The van der Waals surface area contributed by atoms with E-state index < -0.39 is 13.0 Å². The summed E-state index contributed by atoms with van der Waals surface area (Å²) < 4.78 is 28.1. The van der Waals surface area contributed by atoms with Gasteiger partial charge in [-0.05, 0) is 6.07 Å². The van der Waals surface area contributed by atoms with Gasteiger partial charge in [0.25, 0.3) is 6.43 Å². The molecule has 0 saturated heterocycles. The third-order valence-corrected chi connectivity index (χ3v) is 1.30. The van der Waals surface area contributed by atoms with E-state index in [1.165, 1.54) is 18.5 Å². The zero-order valence-corrected chi connectivity index (χ0v) is 6.61. The van der Waals surface area contributed by atoms with Crippen LogP contribution in [0.3, 0.4) is 0 Å². The van der Waals surface area contributed by atoms with E-state index >= 15 is 0 Å². The normalized spacial score (nSPS) is 10.1. The Balaban J connectivity index is 2.69. The van der Waals surface area contributed by atoms with Crippen LogP contribution in [-0.2, 0) is 0 Å². The van der Waals surface area contributed by atoms with Crippen LogP contribution >= 0.6 is 0 Å². The standard InChI is InChI=1S/C8H7F2NO2/c9-8(10)5-13-7-1-2-11-3-6(7)4-12/h1-4,8H,5H2. The molecule has 0 fully saturated rings. The molecule has 5 heteroatoms. The van der Waals surface area contributed by atoms with Crippen molar-refractivity contribution in [2.24, 2.45) is 0 Å². The van der Waals surface area contributed by atoms with Gasteiger partial charge in [-0.3, -0.25) is 9.78 Å². The van der Waals surface area contributed by atoms with Crippen molar-refractivity contribution in [1.82, 2.24) is 4.98 Å². The lowest BCUT2D eigenvalue weighted by Crippen LogP contribution is -2.08. The zero-order chi connectivity index (χ0) is 9.68. The average Bonchev–Trinajstić information content (AvgIpc) is 2.15. The maximum Gasteiger partial charge on any atom is 0.272 e. The second kappa shape index (κ2) is 4.49. The van der Waals surface area contributed by atoms with E-state index in [-0.39, 0.29) is 11.3 Å². The van der Waals surface area contributed by atoms with Crippen molar-refractivity contribution < 1.29 is 18.3 Å². The van der Waals surface area contributed by atoms with Gasteiger partial charge in [0, 0.05) is 12.4 Å². The van der Waals surface area contributed by atoms with Gasteiger partial charge in [0.1, 0.15) is 12.4 Å². The number of pyridine rings is 1. The molecule has 0 bridgehead atoms. The summed E-state index contributed by atoms with van der Waals surface area (Å²) in [7, 11) is 0. The van der Waals surface area contributed by atoms with E-state index in [0.29, 0.717) is 6.29 Å². The second-order valence-corrected chi connectivity index (χ2v) is 2.23. The fourth-order valence-electron chi connectivity index (χ4n) is 0.767. The molecule has 0 atom stereocenters. The Morgan fingerprint density at radius 1 is 1.62 bits per heavy atom. The van der Waals surface area contributed by atoms with Crippen LogP contribution in [0.1, 0.15) is 10.4 Å². The predicted octanol–water partition coefficient (Wildman–Crippen LogP) is 1.54. The van der Waals surface area contributed by atoms with Crippen LogP contribution < -0.4 is 4.74 Å². The number of rotatable bonds is 4. The Bertz CT molecular complexity index is 291. The molecule has 1 aromatic rings. The fraction of sp³-hybridized carbons (Fsp3) is 0.250. The molecule has 0 spiro atoms. The molecule has 0 aliphatic carbocycles. The number of aromatic nitrogens is 1. The summed E-state index contributed by atoms with van der Waals surface area (Å²) in [4.78, 5) is 14.0. The molecule has 70 valence electrons. The molecule has 0 saturated carbocycles. The summed E-state index contributed by atoms with van der Waals surface area (Å²) >= 11 is 0. The van der Waals surface area contributed by atoms with E-state index in [1.807, 2.05) is 0 Å². The minimum atomic E-state index is -2.55. The maximum absolute atomic E-state index is 11.7. The third kappa shape index (κ3) is 2.77. The summed E-state index contributed by atoms with van der Waals surface area (Å²) in [6.45, 7) is -0.717. The monoisotopic (exact) mass is 187 g/mol. The molecule has 0 aromatic carbocycles. The van der Waals surface area contributed by atoms with Crippen LogP contribution in [0.15, 0.2) is 18.5 Å². The Morgan fingerprint density at radius 2 is 2.38 bits per heavy atom. The molecule has 0 aliphatic rings. The van der Waals surface area contributed by atoms with Crippen molar-refractivity contribution in [3.63, 3.8) is 0 Å². The number of ether oxygens (including phenoxy) is 1. The van der Waals surface area contributed by atoms with E-state index in [9.17, 15) is 13.6 Å². The Labute approximate surface area is 73.4 Å². The van der Waals surface area contributed by atoms with Crippen molar-refractivity contribution >= 4 is 6.29 Å². The molecule has 0 aliphatic heterocycles. The van der Waals surface area contributed by atoms with Gasteiger partial charge in [-0.2, -0.15) is 0 Å². The van der Waals surface area contributed by atoms with Crippen LogP contribution in [0.25, 0.3) is 0 Å². The molecule has 1 heterocycles. The Hall–Kier alpha value is -1.52. The quantitative estimate of drug-likeness (QED) is 0.671. The van der Waals surface area contributed by atoms with Crippen molar-refractivity contribution in [3.8, 4) is 5.75 Å². The molecule has 1 rings (SSSR count). The minimum Gasteiger partial charge on any atom is -0.487 e. The largest absolute Gasteiger partial charge is 0.487 e. The summed E-state index contributed by atoms with van der Waals surface area (Å²) in [6, 6.07) is 1.37. The van der Waals surface area contributed by atoms with Crippen LogP contribution in [0, 0.1) is 0 Å². The number of halogens is 2. The summed E-state index contributed by atoms with van der Waals surface area (Å²) in [5.74, 6) is 0.130. The minimum absolute atomic E-state index is 0.130. The number of alkyl halides is 2. The van der Waals surface area contributed by atoms with Crippen molar-refractivity contribution in [2.45, 2.75) is 6.43 Å². The third-order valence-electron chi connectivity index (χ3n) is 1.30. The van der Waals surface area contributed by atoms with Gasteiger partial charge in [-0.1, -0.05) is 0 Å². The van der Waals surface area contributed by atoms with Crippen LogP contribution in [0.2, 0.25) is 0 Å². The highest BCUT2D eigenvalue weighted by molar-refractivity contribution is 5.78. The highest BCUT2D eigenvalue weighted by Crippen LogP contribution is 2.14. The highest BCUT2D eigenvalue weighted by atomic mass is 19.3. The molecule has 3 nitrogen and oxygen atoms in total. The molecule has 0 radical (unpaired) electrons. The van der Waals surface area contributed by atoms with E-state index in [1.54, 1.807) is 0 Å². The first-order chi connectivity index (χ1) is 6.24. The van der Waals surface area contributed by atoms with Gasteiger partial charge in [-0.15, -0.1) is 0 Å². The first-order valence-electron chi connectivity index (χ1n) is 3.54. The molecular weight excluding hydrogens is 180 g/mol. The lowest BCUT2D eigenvalue weighted by molar-refractivity contribution is 0.0809. The second-order valence-electron chi connectivity index (χ2n) is 2.23. The molecule has 13 heavy (non-hydrogen) atoms. The van der Waals surface area contributed by atoms with Gasteiger partial charge in [0.15, 0.2) is 6.29 Å². The Kier molecular flexibility index (Phi) is 3.31. The van der Waals surface area contributed by atoms with Crippen molar-refractivity contribution in [2.75, 3.05) is 6.61 Å². The van der Waals surface area contributed by atoms with Gasteiger partial charge in [0.2, 0.25) is 0 Å². The lowest BCUT2D eigenvalue weighted by Gasteiger charge is -2.05. The number of nitrogens with zero attached hydrogens (tertiary/aromatic N) is 1. The van der Waals surface area contributed by atoms with Gasteiger partial charge in [-0.25, -0.2) is 8.78 Å². The molecule has 1 aromatic heterocycles. The molecule has 0 unspecified atom stereocenters. The van der Waals surface area contributed by atoms with E-state index in [2.05, 4.69) is 9.72 Å². The topological polar surface area (TPSA) is 39.2 Å². The molecule has 0 amide bonds. The van der Waals surface area contributed by atoms with Gasteiger partial charge >= 0.3 is 0 Å². The number of aldehydes is 1. The fourth-order valence-corrected chi connectivity index (χ4v) is 0.767. The number of carbonyl (C=O) groups is 1. The summed E-state index contributed by atoms with van der Waals surface area (Å²) in [6.07, 6.45) is 0.586. The maximum atomic E-state index is 11.7. The van der Waals surface area contributed by atoms with Gasteiger partial charge in [0.05, 0.1) is 5.56 Å². The number of hydrogen-bond donors (Lipinski definition) is 0. The molecule has 0 N–H and O–H groups in total. The van der Waals surface area contributed by atoms with E-state index in [0.717, 1.165) is 0 Å². The van der Waals surface area contributed by atoms with Crippen LogP contribution in [0.4, 0.5) is 8.78 Å². The lowest BCUT2D eigenvalue weighted by atomic mass is 10.3. The van der Waals surface area contributed by atoms with Crippen LogP contribution in [0.5, 0.6) is 5.75 Å². The first-order valence-corrected chi connectivity index (χ1v) is 3.54. The predicted molar refractivity (Wildman–Crippen MR) is 41.1 cm³/mol. The first kappa shape index (κ1) is 9.57. The van der Waals surface area contributed by atoms with Crippen LogP contribution in [-0.4, -0.2) is 24.3 Å².